The third-order valence-electron chi connectivity index (χ3n) is 5.62. The number of amides is 4. The molecule has 7 nitrogen and oxygen atoms in total. The average Bonchev–Trinajstić information content (AvgIpc) is 3.06. The Bertz CT molecular complexity index is 938. The highest BCUT2D eigenvalue weighted by Gasteiger charge is 2.41. The monoisotopic (exact) mass is 407 g/mol. The molecule has 0 bridgehead atoms. The van der Waals surface area contributed by atoms with Gasteiger partial charge in [-0.25, -0.2) is 9.69 Å². The minimum absolute atomic E-state index is 0.00294. The Morgan fingerprint density at radius 2 is 1.77 bits per heavy atom. The van der Waals surface area contributed by atoms with Gasteiger partial charge in [0.15, 0.2) is 6.61 Å². The number of urea groups is 1. The number of piperidine rings is 1. The van der Waals surface area contributed by atoms with Crippen LogP contribution in [0.25, 0.3) is 0 Å². The van der Waals surface area contributed by atoms with E-state index in [4.69, 9.17) is 4.74 Å². The molecule has 0 radical (unpaired) electrons. The number of aryl methyl sites for hydroxylation is 1. The number of hydrogen-bond donors (Lipinski definition) is 0. The van der Waals surface area contributed by atoms with E-state index in [1.807, 2.05) is 49.4 Å². The first-order chi connectivity index (χ1) is 14.5. The summed E-state index contributed by atoms with van der Waals surface area (Å²) >= 11 is 0. The van der Waals surface area contributed by atoms with Crippen LogP contribution >= 0.6 is 0 Å². The lowest BCUT2D eigenvalue weighted by Crippen LogP contribution is -2.49. The molecule has 0 atom stereocenters. The van der Waals surface area contributed by atoms with E-state index in [1.54, 1.807) is 21.9 Å². The number of nitrogens with zero attached hydrogens (tertiary/aromatic N) is 3. The molecule has 7 heteroatoms. The summed E-state index contributed by atoms with van der Waals surface area (Å²) in [4.78, 5) is 42.4. The molecule has 2 aliphatic rings. The standard InChI is InChI=1S/C23H25N3O4/c1-17-6-5-9-20(14-17)30-16-22(28)24-12-10-18(11-13-24)25-15-21(27)26(23(25)29)19-7-3-2-4-8-19/h2-9,14,18H,10-13,15-16H2,1H3. The van der Waals surface area contributed by atoms with Gasteiger partial charge >= 0.3 is 6.03 Å². The summed E-state index contributed by atoms with van der Waals surface area (Å²) in [7, 11) is 0. The molecular formula is C23H25N3O4. The van der Waals surface area contributed by atoms with Crippen LogP contribution in [0.5, 0.6) is 5.75 Å². The molecule has 2 aromatic rings. The Kier molecular flexibility index (Phi) is 5.70. The lowest BCUT2D eigenvalue weighted by molar-refractivity contribution is -0.134. The Morgan fingerprint density at radius 1 is 1.03 bits per heavy atom. The predicted molar refractivity (Wildman–Crippen MR) is 112 cm³/mol. The fraction of sp³-hybridized carbons (Fsp3) is 0.348. The Morgan fingerprint density at radius 3 is 2.47 bits per heavy atom. The SMILES string of the molecule is Cc1cccc(OCC(=O)N2CCC(N3CC(=O)N(c4ccccc4)C3=O)CC2)c1. The van der Waals surface area contributed by atoms with Crippen molar-refractivity contribution >= 4 is 23.5 Å². The maximum atomic E-state index is 12.8. The van der Waals surface area contributed by atoms with E-state index in [9.17, 15) is 14.4 Å². The van der Waals surface area contributed by atoms with E-state index < -0.39 is 0 Å². The topological polar surface area (TPSA) is 70.2 Å². The third kappa shape index (κ3) is 4.15. The fourth-order valence-corrected chi connectivity index (χ4v) is 4.00. The van der Waals surface area contributed by atoms with Crippen molar-refractivity contribution in [3.05, 3.63) is 60.2 Å². The van der Waals surface area contributed by atoms with E-state index in [-0.39, 0.29) is 37.0 Å². The quantitative estimate of drug-likeness (QED) is 0.715. The smallest absolute Gasteiger partial charge is 0.332 e. The van der Waals surface area contributed by atoms with E-state index >= 15 is 0 Å². The summed E-state index contributed by atoms with van der Waals surface area (Å²) < 4.78 is 5.62. The van der Waals surface area contributed by atoms with Crippen molar-refractivity contribution in [1.82, 2.24) is 9.80 Å². The molecule has 0 N–H and O–H groups in total. The van der Waals surface area contributed by atoms with E-state index in [1.165, 1.54) is 4.90 Å². The lowest BCUT2D eigenvalue weighted by atomic mass is 10.0. The van der Waals surface area contributed by atoms with E-state index in [2.05, 4.69) is 0 Å². The van der Waals surface area contributed by atoms with Crippen molar-refractivity contribution in [3.63, 3.8) is 0 Å². The number of imide groups is 1. The zero-order valence-electron chi connectivity index (χ0n) is 17.0. The van der Waals surface area contributed by atoms with Gasteiger partial charge in [-0.1, -0.05) is 30.3 Å². The van der Waals surface area contributed by atoms with Crippen molar-refractivity contribution in [2.45, 2.75) is 25.8 Å². The highest BCUT2D eigenvalue weighted by atomic mass is 16.5. The molecule has 4 rings (SSSR count). The molecule has 4 amide bonds. The summed E-state index contributed by atoms with van der Waals surface area (Å²) in [5.41, 5.74) is 1.67. The van der Waals surface area contributed by atoms with Crippen LogP contribution in [0.4, 0.5) is 10.5 Å². The maximum Gasteiger partial charge on any atom is 0.332 e. The zero-order chi connectivity index (χ0) is 21.1. The minimum atomic E-state index is -0.279. The molecule has 2 saturated heterocycles. The van der Waals surface area contributed by atoms with Crippen LogP contribution in [0.1, 0.15) is 18.4 Å². The van der Waals surface area contributed by atoms with Gasteiger partial charge < -0.3 is 14.5 Å². The lowest BCUT2D eigenvalue weighted by Gasteiger charge is -2.36. The molecule has 0 aromatic heterocycles. The van der Waals surface area contributed by atoms with Crippen molar-refractivity contribution < 1.29 is 19.1 Å². The molecule has 0 saturated carbocycles. The number of hydrogen-bond acceptors (Lipinski definition) is 4. The molecule has 0 unspecified atom stereocenters. The number of anilines is 1. The van der Waals surface area contributed by atoms with E-state index in [0.717, 1.165) is 5.56 Å². The van der Waals surface area contributed by atoms with Crippen LogP contribution in [-0.4, -0.2) is 59.9 Å². The molecule has 0 spiro atoms. The van der Waals surface area contributed by atoms with E-state index in [0.29, 0.717) is 37.4 Å². The maximum absolute atomic E-state index is 12.8. The summed E-state index contributed by atoms with van der Waals surface area (Å²) in [6, 6.07) is 16.3. The van der Waals surface area contributed by atoms with Gasteiger partial charge in [0, 0.05) is 19.1 Å². The number of ether oxygens (including phenoxy) is 1. The third-order valence-corrected chi connectivity index (χ3v) is 5.62. The first kappa shape index (κ1) is 19.9. The van der Waals surface area contributed by atoms with Gasteiger partial charge in [-0.15, -0.1) is 0 Å². The number of rotatable bonds is 5. The van der Waals surface area contributed by atoms with Gasteiger partial charge in [0.25, 0.3) is 11.8 Å². The van der Waals surface area contributed by atoms with Gasteiger partial charge in [0.05, 0.1) is 5.69 Å². The Labute approximate surface area is 175 Å². The largest absolute Gasteiger partial charge is 0.484 e. The predicted octanol–water partition coefficient (Wildman–Crippen LogP) is 2.83. The van der Waals surface area contributed by atoms with Crippen LogP contribution in [-0.2, 0) is 9.59 Å². The van der Waals surface area contributed by atoms with Crippen molar-refractivity contribution in [3.8, 4) is 5.75 Å². The molecule has 2 aliphatic heterocycles. The molecule has 30 heavy (non-hydrogen) atoms. The van der Waals surface area contributed by atoms with Gasteiger partial charge in [0.1, 0.15) is 12.3 Å². The van der Waals surface area contributed by atoms with Crippen LogP contribution < -0.4 is 9.64 Å². The Balaban J connectivity index is 1.30. The van der Waals surface area contributed by atoms with Crippen molar-refractivity contribution in [2.24, 2.45) is 0 Å². The first-order valence-corrected chi connectivity index (χ1v) is 10.2. The summed E-state index contributed by atoms with van der Waals surface area (Å²) in [6.07, 6.45) is 1.30. The molecule has 2 heterocycles. The van der Waals surface area contributed by atoms with Gasteiger partial charge in [0.2, 0.25) is 0 Å². The number of para-hydroxylation sites is 1. The zero-order valence-corrected chi connectivity index (χ0v) is 17.0. The first-order valence-electron chi connectivity index (χ1n) is 10.2. The highest BCUT2D eigenvalue weighted by molar-refractivity contribution is 6.19. The van der Waals surface area contributed by atoms with Crippen LogP contribution in [0.15, 0.2) is 54.6 Å². The molecule has 0 aliphatic carbocycles. The second kappa shape index (κ2) is 8.57. The second-order valence-corrected chi connectivity index (χ2v) is 7.69. The Hall–Kier alpha value is -3.35. The average molecular weight is 407 g/mol. The van der Waals surface area contributed by atoms with Crippen LogP contribution in [0.3, 0.4) is 0 Å². The molecular weight excluding hydrogens is 382 g/mol. The van der Waals surface area contributed by atoms with Gasteiger partial charge in [-0.3, -0.25) is 9.59 Å². The molecule has 2 fully saturated rings. The molecule has 156 valence electrons. The minimum Gasteiger partial charge on any atom is -0.484 e. The van der Waals surface area contributed by atoms with Gasteiger partial charge in [-0.05, 0) is 49.6 Å². The number of benzene rings is 2. The number of likely N-dealkylation sites (tertiary alicyclic amines) is 1. The summed E-state index contributed by atoms with van der Waals surface area (Å²) in [5, 5.41) is 0. The fourth-order valence-electron chi connectivity index (χ4n) is 4.00. The molecule has 2 aromatic carbocycles. The van der Waals surface area contributed by atoms with Gasteiger partial charge in [-0.2, -0.15) is 0 Å². The van der Waals surface area contributed by atoms with Crippen LogP contribution in [0, 0.1) is 6.92 Å². The second-order valence-electron chi connectivity index (χ2n) is 7.69. The highest BCUT2D eigenvalue weighted by Crippen LogP contribution is 2.26. The normalized spacial score (nSPS) is 17.6. The van der Waals surface area contributed by atoms with Crippen LogP contribution in [0.2, 0.25) is 0 Å². The summed E-state index contributed by atoms with van der Waals surface area (Å²) in [6.45, 7) is 3.15. The number of carbonyl (C=O) groups excluding carboxylic acids is 3. The number of carbonyl (C=O) groups is 3. The summed E-state index contributed by atoms with van der Waals surface area (Å²) in [5.74, 6) is 0.404. The van der Waals surface area contributed by atoms with Crippen molar-refractivity contribution in [1.29, 1.82) is 0 Å². The van der Waals surface area contributed by atoms with Crippen molar-refractivity contribution in [2.75, 3.05) is 31.1 Å².